The molecule has 0 atom stereocenters. The van der Waals surface area contributed by atoms with Gasteiger partial charge >= 0.3 is 0 Å². The summed E-state index contributed by atoms with van der Waals surface area (Å²) < 4.78 is 30.3. The van der Waals surface area contributed by atoms with Crippen LogP contribution in [0.4, 0.5) is 5.69 Å². The summed E-state index contributed by atoms with van der Waals surface area (Å²) in [7, 11) is -3.35. The number of nitrogens with one attached hydrogen (secondary N) is 1. The van der Waals surface area contributed by atoms with Crippen molar-refractivity contribution in [2.45, 2.75) is 49.7 Å². The molecule has 24 heavy (non-hydrogen) atoms. The molecule has 0 spiro atoms. The monoisotopic (exact) mass is 348 g/mol. The molecule has 3 rings (SSSR count). The summed E-state index contributed by atoms with van der Waals surface area (Å²) in [4.78, 5) is 12.6. The lowest BCUT2D eigenvalue weighted by Crippen LogP contribution is -2.18. The molecule has 0 radical (unpaired) electrons. The zero-order valence-electron chi connectivity index (χ0n) is 13.7. The Morgan fingerprint density at radius 1 is 1.25 bits per heavy atom. The van der Waals surface area contributed by atoms with Crippen LogP contribution in [-0.2, 0) is 9.84 Å². The van der Waals surface area contributed by atoms with Crippen molar-refractivity contribution < 1.29 is 17.7 Å². The van der Waals surface area contributed by atoms with Crippen LogP contribution in [0.15, 0.2) is 33.7 Å². The first-order chi connectivity index (χ1) is 11.4. The number of amides is 1. The summed E-state index contributed by atoms with van der Waals surface area (Å²) in [6, 6.07) is 6.41. The van der Waals surface area contributed by atoms with Crippen molar-refractivity contribution in [2.75, 3.05) is 5.32 Å². The molecule has 1 amide bonds. The van der Waals surface area contributed by atoms with Gasteiger partial charge in [-0.05, 0) is 44.9 Å². The van der Waals surface area contributed by atoms with E-state index in [1.165, 1.54) is 6.07 Å². The van der Waals surface area contributed by atoms with Crippen LogP contribution in [-0.4, -0.2) is 24.7 Å². The summed E-state index contributed by atoms with van der Waals surface area (Å²) in [5, 5.41) is 6.17. The second-order valence-electron chi connectivity index (χ2n) is 6.13. The van der Waals surface area contributed by atoms with Crippen molar-refractivity contribution >= 4 is 21.4 Å². The Bertz CT molecular complexity index is 845. The van der Waals surface area contributed by atoms with E-state index in [1.54, 1.807) is 32.0 Å². The molecule has 1 aliphatic rings. The highest BCUT2D eigenvalue weighted by molar-refractivity contribution is 7.92. The van der Waals surface area contributed by atoms with Gasteiger partial charge in [0.2, 0.25) is 0 Å². The average Bonchev–Trinajstić information content (AvgIpc) is 3.18. The van der Waals surface area contributed by atoms with E-state index in [0.717, 1.165) is 12.8 Å². The normalized spacial score (nSPS) is 15.6. The molecule has 128 valence electrons. The number of hydrogen-bond acceptors (Lipinski definition) is 5. The Hall–Kier alpha value is -2.15. The van der Waals surface area contributed by atoms with Crippen LogP contribution in [0.2, 0.25) is 0 Å². The number of anilines is 1. The highest BCUT2D eigenvalue weighted by Gasteiger charge is 2.30. The van der Waals surface area contributed by atoms with Crippen LogP contribution in [0.1, 0.15) is 47.5 Å². The molecule has 1 saturated carbocycles. The minimum atomic E-state index is -3.35. The third kappa shape index (κ3) is 3.08. The van der Waals surface area contributed by atoms with Gasteiger partial charge < -0.3 is 9.84 Å². The lowest BCUT2D eigenvalue weighted by Gasteiger charge is -2.12. The Labute approximate surface area is 141 Å². The zero-order valence-corrected chi connectivity index (χ0v) is 14.5. The topological polar surface area (TPSA) is 89.3 Å². The molecular formula is C17H20N2O4S. The van der Waals surface area contributed by atoms with E-state index in [4.69, 9.17) is 4.52 Å². The van der Waals surface area contributed by atoms with Crippen LogP contribution >= 0.6 is 0 Å². The number of aryl methyl sites for hydroxylation is 2. The number of carbonyl (C=O) groups excluding carboxylic acids is 1. The van der Waals surface area contributed by atoms with Gasteiger partial charge in [0, 0.05) is 5.69 Å². The number of sulfone groups is 1. The Balaban J connectivity index is 1.85. The largest absolute Gasteiger partial charge is 0.361 e. The number of benzene rings is 1. The van der Waals surface area contributed by atoms with Crippen molar-refractivity contribution in [1.82, 2.24) is 5.16 Å². The van der Waals surface area contributed by atoms with Gasteiger partial charge in [-0.25, -0.2) is 8.42 Å². The maximum atomic E-state index is 12.7. The first-order valence-electron chi connectivity index (χ1n) is 7.98. The van der Waals surface area contributed by atoms with Gasteiger partial charge in [0.15, 0.2) is 9.84 Å². The van der Waals surface area contributed by atoms with Crippen molar-refractivity contribution in [3.05, 3.63) is 41.3 Å². The molecule has 1 aromatic carbocycles. The van der Waals surface area contributed by atoms with Crippen molar-refractivity contribution in [3.63, 3.8) is 0 Å². The number of aromatic nitrogens is 1. The lowest BCUT2D eigenvalue weighted by molar-refractivity contribution is 0.102. The van der Waals surface area contributed by atoms with Gasteiger partial charge in [0.05, 0.1) is 15.8 Å². The second kappa shape index (κ2) is 6.39. The first-order valence-corrected chi connectivity index (χ1v) is 9.52. The maximum absolute atomic E-state index is 12.7. The molecule has 0 unspecified atom stereocenters. The number of nitrogens with zero attached hydrogens (tertiary/aromatic N) is 1. The van der Waals surface area contributed by atoms with E-state index in [1.807, 2.05) is 0 Å². The maximum Gasteiger partial charge on any atom is 0.261 e. The van der Waals surface area contributed by atoms with Crippen LogP contribution in [0, 0.1) is 13.8 Å². The number of carbonyl (C=O) groups is 1. The highest BCUT2D eigenvalue weighted by Crippen LogP contribution is 2.30. The third-order valence-corrected chi connectivity index (χ3v) is 6.68. The second-order valence-corrected chi connectivity index (χ2v) is 8.36. The van der Waals surface area contributed by atoms with E-state index in [9.17, 15) is 13.2 Å². The Kier molecular flexibility index (Phi) is 4.45. The minimum absolute atomic E-state index is 0.256. The molecule has 0 saturated heterocycles. The standard InChI is InChI=1S/C17H20N2O4S/c1-11-16(12(2)23-19-11)17(20)18-13-6-5-9-15(10-13)24(21,22)14-7-3-4-8-14/h5-6,9-10,14H,3-4,7-8H2,1-2H3,(H,18,20). The summed E-state index contributed by atoms with van der Waals surface area (Å²) in [6.45, 7) is 3.35. The molecule has 7 heteroatoms. The summed E-state index contributed by atoms with van der Waals surface area (Å²) in [5.41, 5.74) is 1.32. The quantitative estimate of drug-likeness (QED) is 0.916. The van der Waals surface area contributed by atoms with Crippen molar-refractivity contribution in [2.24, 2.45) is 0 Å². The molecule has 1 heterocycles. The SMILES string of the molecule is Cc1noc(C)c1C(=O)Nc1cccc(S(=O)(=O)C2CCCC2)c1. The van der Waals surface area contributed by atoms with Gasteiger partial charge in [0.25, 0.3) is 5.91 Å². The molecule has 1 aliphatic carbocycles. The first kappa shape index (κ1) is 16.7. The molecule has 1 aromatic heterocycles. The van der Waals surface area contributed by atoms with Crippen molar-refractivity contribution in [3.8, 4) is 0 Å². The highest BCUT2D eigenvalue weighted by atomic mass is 32.2. The third-order valence-electron chi connectivity index (χ3n) is 4.42. The number of rotatable bonds is 4. The van der Waals surface area contributed by atoms with Gasteiger partial charge in [-0.2, -0.15) is 0 Å². The zero-order chi connectivity index (χ0) is 17.3. The Morgan fingerprint density at radius 2 is 1.96 bits per heavy atom. The molecular weight excluding hydrogens is 328 g/mol. The van der Waals surface area contributed by atoms with Crippen LogP contribution in [0.25, 0.3) is 0 Å². The predicted octanol–water partition coefficient (Wildman–Crippen LogP) is 3.26. The number of hydrogen-bond donors (Lipinski definition) is 1. The summed E-state index contributed by atoms with van der Waals surface area (Å²) in [6.07, 6.45) is 3.31. The van der Waals surface area contributed by atoms with E-state index in [-0.39, 0.29) is 16.1 Å². The van der Waals surface area contributed by atoms with Gasteiger partial charge in [-0.15, -0.1) is 0 Å². The molecule has 0 aliphatic heterocycles. The fraction of sp³-hybridized carbons (Fsp3) is 0.412. The Morgan fingerprint density at radius 3 is 2.58 bits per heavy atom. The van der Waals surface area contributed by atoms with Crippen molar-refractivity contribution in [1.29, 1.82) is 0 Å². The van der Waals surface area contributed by atoms with E-state index >= 15 is 0 Å². The molecule has 2 aromatic rings. The minimum Gasteiger partial charge on any atom is -0.361 e. The smallest absolute Gasteiger partial charge is 0.261 e. The lowest BCUT2D eigenvalue weighted by atomic mass is 10.2. The summed E-state index contributed by atoms with van der Waals surface area (Å²) in [5.74, 6) is 0.0707. The van der Waals surface area contributed by atoms with Crippen LogP contribution in [0.3, 0.4) is 0 Å². The summed E-state index contributed by atoms with van der Waals surface area (Å²) >= 11 is 0. The molecule has 0 bridgehead atoms. The molecule has 1 fully saturated rings. The predicted molar refractivity (Wildman–Crippen MR) is 89.8 cm³/mol. The van der Waals surface area contributed by atoms with Crippen LogP contribution in [0.5, 0.6) is 0 Å². The van der Waals surface area contributed by atoms with Gasteiger partial charge in [0.1, 0.15) is 11.3 Å². The van der Waals surface area contributed by atoms with Gasteiger partial charge in [-0.3, -0.25) is 4.79 Å². The fourth-order valence-corrected chi connectivity index (χ4v) is 5.04. The van der Waals surface area contributed by atoms with E-state index in [2.05, 4.69) is 10.5 Å². The average molecular weight is 348 g/mol. The van der Waals surface area contributed by atoms with E-state index < -0.39 is 9.84 Å². The fourth-order valence-electron chi connectivity index (χ4n) is 3.14. The van der Waals surface area contributed by atoms with Gasteiger partial charge in [-0.1, -0.05) is 24.1 Å². The molecule has 1 N–H and O–H groups in total. The van der Waals surface area contributed by atoms with E-state index in [0.29, 0.717) is 35.5 Å². The molecule has 6 nitrogen and oxygen atoms in total. The van der Waals surface area contributed by atoms with Crippen LogP contribution < -0.4 is 5.32 Å².